The average Bonchev–Trinajstić information content (AvgIpc) is 2.23. The lowest BCUT2D eigenvalue weighted by Gasteiger charge is -2.08. The van der Waals surface area contributed by atoms with E-state index >= 15 is 0 Å². The molecule has 0 radical (unpaired) electrons. The van der Waals surface area contributed by atoms with Gasteiger partial charge < -0.3 is 10.1 Å². The Hall–Kier alpha value is -1.36. The number of esters is 1. The number of halogens is 1. The molecule has 0 aliphatic heterocycles. The van der Waals surface area contributed by atoms with Crippen molar-refractivity contribution in [2.45, 2.75) is 20.3 Å². The highest BCUT2D eigenvalue weighted by molar-refractivity contribution is 9.10. The number of rotatable bonds is 4. The summed E-state index contributed by atoms with van der Waals surface area (Å²) >= 11 is 3.32. The van der Waals surface area contributed by atoms with Crippen molar-refractivity contribution in [1.82, 2.24) is 0 Å². The van der Waals surface area contributed by atoms with Crippen molar-refractivity contribution in [2.24, 2.45) is 0 Å². The molecule has 0 atom stereocenters. The molecule has 92 valence electrons. The molecule has 1 amide bonds. The number of ether oxygens (including phenoxy) is 1. The fraction of sp³-hybridized carbons (Fsp3) is 0.333. The summed E-state index contributed by atoms with van der Waals surface area (Å²) in [5.74, 6) is -0.887. The first-order valence-electron chi connectivity index (χ1n) is 5.24. The zero-order valence-corrected chi connectivity index (χ0v) is 11.3. The van der Waals surface area contributed by atoms with Crippen LogP contribution in [0.2, 0.25) is 0 Å². The van der Waals surface area contributed by atoms with Crippen molar-refractivity contribution in [3.63, 3.8) is 0 Å². The predicted octanol–water partition coefficient (Wildman–Crippen LogP) is 2.65. The maximum Gasteiger partial charge on any atom is 0.315 e. The number of carbonyl (C=O) groups excluding carboxylic acids is 2. The number of aryl methyl sites for hydroxylation is 1. The quantitative estimate of drug-likeness (QED) is 0.687. The van der Waals surface area contributed by atoms with Gasteiger partial charge in [0.15, 0.2) is 0 Å². The second kappa shape index (κ2) is 6.39. The number of anilines is 1. The molecule has 1 rings (SSSR count). The molecule has 0 bridgehead atoms. The summed E-state index contributed by atoms with van der Waals surface area (Å²) < 4.78 is 5.57. The Kier molecular flexibility index (Phi) is 5.15. The lowest BCUT2D eigenvalue weighted by atomic mass is 10.2. The van der Waals surface area contributed by atoms with Crippen LogP contribution >= 0.6 is 15.9 Å². The number of amides is 1. The van der Waals surface area contributed by atoms with E-state index in [1.165, 1.54) is 0 Å². The van der Waals surface area contributed by atoms with E-state index in [9.17, 15) is 9.59 Å². The number of carbonyl (C=O) groups is 2. The SMILES string of the molecule is CCOC(=O)CC(=O)Nc1cc(Br)ccc1C. The van der Waals surface area contributed by atoms with Crippen LogP contribution in [0.15, 0.2) is 22.7 Å². The van der Waals surface area contributed by atoms with E-state index in [2.05, 4.69) is 21.2 Å². The van der Waals surface area contributed by atoms with Gasteiger partial charge in [0.1, 0.15) is 6.42 Å². The fourth-order valence-electron chi connectivity index (χ4n) is 1.27. The number of nitrogens with one attached hydrogen (secondary N) is 1. The first-order chi connectivity index (χ1) is 8.02. The minimum atomic E-state index is -0.516. The Morgan fingerprint density at radius 3 is 2.76 bits per heavy atom. The molecule has 0 aromatic heterocycles. The molecule has 0 fully saturated rings. The van der Waals surface area contributed by atoms with Gasteiger partial charge in [-0.25, -0.2) is 0 Å². The molecule has 1 N–H and O–H groups in total. The smallest absolute Gasteiger partial charge is 0.315 e. The topological polar surface area (TPSA) is 55.4 Å². The fourth-order valence-corrected chi connectivity index (χ4v) is 1.63. The molecule has 0 spiro atoms. The van der Waals surface area contributed by atoms with Crippen LogP contribution in [0.25, 0.3) is 0 Å². The lowest BCUT2D eigenvalue weighted by molar-refractivity contribution is -0.145. The second-order valence-corrected chi connectivity index (χ2v) is 4.40. The molecule has 1 aromatic rings. The predicted molar refractivity (Wildman–Crippen MR) is 68.8 cm³/mol. The maximum atomic E-state index is 11.5. The van der Waals surface area contributed by atoms with Gasteiger partial charge in [0.25, 0.3) is 0 Å². The summed E-state index contributed by atoms with van der Waals surface area (Å²) in [5, 5.41) is 2.67. The van der Waals surface area contributed by atoms with Gasteiger partial charge in [0.05, 0.1) is 6.61 Å². The van der Waals surface area contributed by atoms with Crippen molar-refractivity contribution in [2.75, 3.05) is 11.9 Å². The highest BCUT2D eigenvalue weighted by atomic mass is 79.9. The number of benzene rings is 1. The standard InChI is InChI=1S/C12H14BrNO3/c1-3-17-12(16)7-11(15)14-10-6-9(13)5-4-8(10)2/h4-6H,3,7H2,1-2H3,(H,14,15). The zero-order valence-electron chi connectivity index (χ0n) is 9.75. The van der Waals surface area contributed by atoms with Crippen molar-refractivity contribution in [3.05, 3.63) is 28.2 Å². The number of hydrogen-bond donors (Lipinski definition) is 1. The van der Waals surface area contributed by atoms with Gasteiger partial charge >= 0.3 is 5.97 Å². The minimum absolute atomic E-state index is 0.264. The Balaban J connectivity index is 2.62. The van der Waals surface area contributed by atoms with Crippen LogP contribution in [0.5, 0.6) is 0 Å². The van der Waals surface area contributed by atoms with Gasteiger partial charge in [-0.1, -0.05) is 22.0 Å². The molecule has 0 aliphatic carbocycles. The highest BCUT2D eigenvalue weighted by Crippen LogP contribution is 2.20. The summed E-state index contributed by atoms with van der Waals surface area (Å²) in [7, 11) is 0. The summed E-state index contributed by atoms with van der Waals surface area (Å²) in [5.41, 5.74) is 1.62. The van der Waals surface area contributed by atoms with Gasteiger partial charge in [-0.15, -0.1) is 0 Å². The van der Waals surface area contributed by atoms with E-state index in [4.69, 9.17) is 4.74 Å². The van der Waals surface area contributed by atoms with Crippen LogP contribution in [0.1, 0.15) is 18.9 Å². The van der Waals surface area contributed by atoms with E-state index in [1.807, 2.05) is 19.1 Å². The normalized spacial score (nSPS) is 9.82. The Labute approximate surface area is 108 Å². The van der Waals surface area contributed by atoms with E-state index in [0.29, 0.717) is 5.69 Å². The van der Waals surface area contributed by atoms with Crippen LogP contribution < -0.4 is 5.32 Å². The summed E-state index contributed by atoms with van der Waals surface area (Å²) in [6.07, 6.45) is -0.264. The van der Waals surface area contributed by atoms with E-state index < -0.39 is 5.97 Å². The zero-order chi connectivity index (χ0) is 12.8. The molecule has 0 saturated carbocycles. The molecule has 0 aliphatic rings. The maximum absolute atomic E-state index is 11.5. The van der Waals surface area contributed by atoms with Crippen LogP contribution in [0, 0.1) is 6.92 Å². The molecule has 0 heterocycles. The first kappa shape index (κ1) is 13.7. The minimum Gasteiger partial charge on any atom is -0.466 e. The Morgan fingerprint density at radius 1 is 1.41 bits per heavy atom. The summed E-state index contributed by atoms with van der Waals surface area (Å²) in [6.45, 7) is 3.86. The van der Waals surface area contributed by atoms with Crippen LogP contribution in [0.4, 0.5) is 5.69 Å². The average molecular weight is 300 g/mol. The number of hydrogen-bond acceptors (Lipinski definition) is 3. The molecule has 5 heteroatoms. The monoisotopic (exact) mass is 299 g/mol. The largest absolute Gasteiger partial charge is 0.466 e. The Morgan fingerprint density at radius 2 is 2.12 bits per heavy atom. The van der Waals surface area contributed by atoms with Gasteiger partial charge in [-0.3, -0.25) is 9.59 Å². The molecular weight excluding hydrogens is 286 g/mol. The third-order valence-electron chi connectivity index (χ3n) is 2.08. The lowest BCUT2D eigenvalue weighted by Crippen LogP contribution is -2.18. The molecule has 0 saturated heterocycles. The third kappa shape index (κ3) is 4.56. The van der Waals surface area contributed by atoms with Gasteiger partial charge in [0.2, 0.25) is 5.91 Å². The van der Waals surface area contributed by atoms with Gasteiger partial charge in [-0.05, 0) is 31.5 Å². The molecule has 4 nitrogen and oxygen atoms in total. The Bertz CT molecular complexity index is 432. The van der Waals surface area contributed by atoms with Crippen molar-refractivity contribution in [1.29, 1.82) is 0 Å². The second-order valence-electron chi connectivity index (χ2n) is 3.49. The van der Waals surface area contributed by atoms with Gasteiger partial charge in [-0.2, -0.15) is 0 Å². The summed E-state index contributed by atoms with van der Waals surface area (Å²) in [6, 6.07) is 5.55. The van der Waals surface area contributed by atoms with Crippen molar-refractivity contribution >= 4 is 33.5 Å². The molecule has 17 heavy (non-hydrogen) atoms. The van der Waals surface area contributed by atoms with E-state index in [-0.39, 0.29) is 18.9 Å². The van der Waals surface area contributed by atoms with Crippen molar-refractivity contribution in [3.8, 4) is 0 Å². The third-order valence-corrected chi connectivity index (χ3v) is 2.58. The summed E-state index contributed by atoms with van der Waals surface area (Å²) in [4.78, 5) is 22.6. The van der Waals surface area contributed by atoms with Crippen LogP contribution in [0.3, 0.4) is 0 Å². The highest BCUT2D eigenvalue weighted by Gasteiger charge is 2.11. The van der Waals surface area contributed by atoms with Crippen LogP contribution in [-0.4, -0.2) is 18.5 Å². The first-order valence-corrected chi connectivity index (χ1v) is 6.04. The van der Waals surface area contributed by atoms with E-state index in [1.54, 1.807) is 13.0 Å². The molecular formula is C12H14BrNO3. The molecule has 0 unspecified atom stereocenters. The van der Waals surface area contributed by atoms with Crippen molar-refractivity contribution < 1.29 is 14.3 Å². The van der Waals surface area contributed by atoms with Gasteiger partial charge in [0, 0.05) is 10.2 Å². The molecule has 1 aromatic carbocycles. The van der Waals surface area contributed by atoms with E-state index in [0.717, 1.165) is 10.0 Å². The van der Waals surface area contributed by atoms with Crippen LogP contribution in [-0.2, 0) is 14.3 Å².